The predicted molar refractivity (Wildman–Crippen MR) is 366 cm³/mol. The summed E-state index contributed by atoms with van der Waals surface area (Å²) in [6.07, 6.45) is 0.758. The van der Waals surface area contributed by atoms with E-state index in [0.717, 1.165) is 4.90 Å². The van der Waals surface area contributed by atoms with E-state index in [0.29, 0.717) is 26.2 Å². The second kappa shape index (κ2) is 37.7. The van der Waals surface area contributed by atoms with Crippen LogP contribution in [0.5, 0.6) is 0 Å². The molecule has 3 aliphatic rings. The summed E-state index contributed by atoms with van der Waals surface area (Å²) in [6.45, 7) is 31.1. The summed E-state index contributed by atoms with van der Waals surface area (Å²) < 4.78 is 6.04. The lowest BCUT2D eigenvalue weighted by atomic mass is 9.91. The minimum Gasteiger partial charge on any atom is -0.444 e. The van der Waals surface area contributed by atoms with Gasteiger partial charge in [-0.15, -0.1) is 0 Å². The lowest BCUT2D eigenvalue weighted by Crippen LogP contribution is -2.64. The number of likely N-dealkylation sites (N-methyl/N-ethyl adjacent to an activating group) is 6. The van der Waals surface area contributed by atoms with Gasteiger partial charge in [0.25, 0.3) is 0 Å². The Balaban J connectivity index is 2.41. The average molecular weight is 1360 g/mol. The molecule has 546 valence electrons. The molecule has 1 unspecified atom stereocenters. The lowest BCUT2D eigenvalue weighted by Gasteiger charge is -2.41. The van der Waals surface area contributed by atoms with Gasteiger partial charge in [0.2, 0.25) is 65.0 Å². The van der Waals surface area contributed by atoms with E-state index in [1.807, 2.05) is 55.4 Å². The number of hydrogen-bond donors (Lipinski definition) is 6. The van der Waals surface area contributed by atoms with Gasteiger partial charge >= 0.3 is 6.09 Å². The van der Waals surface area contributed by atoms with Crippen LogP contribution in [-0.2, 0) is 57.5 Å². The first-order valence-corrected chi connectivity index (χ1v) is 34.7. The Labute approximate surface area is 572 Å². The van der Waals surface area contributed by atoms with Gasteiger partial charge in [0, 0.05) is 74.9 Å². The SMILES string of the molecule is C/C=C/C[C@@H](C)[C@@H](O)[C@H]1C(=O)N[C@@H](CC)C(=O)N2CC(OC(=O)N3CCNCC3)C[C@@H]2C(=O)N(C)[C@@H](CC(C)C)C(=O)N[C@@H](C(C)C)C(=O)N(C)[C@@H](CC(C)C)C(=O)N[C@@H](C)C(=O)N[C@H](C)C(=O)N(C)[C@@H](CC(C)C)C(=O)N(C)[C@@H](CC(C)C)C(=O)N(C)[C@@H](C(C)C)C(=O)N1C. The monoisotopic (exact) mass is 1360 g/mol. The first-order valence-electron chi connectivity index (χ1n) is 34.7. The van der Waals surface area contributed by atoms with Crippen LogP contribution < -0.4 is 26.6 Å². The number of nitrogens with zero attached hydrogens (tertiary/aromatic N) is 8. The van der Waals surface area contributed by atoms with Crippen molar-refractivity contribution >= 4 is 71.1 Å². The minimum absolute atomic E-state index is 0.0703. The molecule has 0 aromatic carbocycles. The molecular weight excluding hydrogens is 1230 g/mol. The smallest absolute Gasteiger partial charge is 0.410 e. The summed E-state index contributed by atoms with van der Waals surface area (Å²) in [4.78, 5) is 188. The van der Waals surface area contributed by atoms with Gasteiger partial charge in [-0.2, -0.15) is 0 Å². The normalized spacial score (nSPS) is 28.2. The topological polar surface area (TPSA) is 320 Å². The summed E-state index contributed by atoms with van der Waals surface area (Å²) in [6, 6.07) is -14.3. The number of rotatable bonds is 16. The summed E-state index contributed by atoms with van der Waals surface area (Å²) >= 11 is 0. The van der Waals surface area contributed by atoms with Gasteiger partial charge in [-0.3, -0.25) is 52.7 Å². The number of ether oxygens (including phenoxy) is 1. The minimum atomic E-state index is -1.69. The fourth-order valence-corrected chi connectivity index (χ4v) is 12.9. The highest BCUT2D eigenvalue weighted by Crippen LogP contribution is 2.29. The van der Waals surface area contributed by atoms with Gasteiger partial charge in [-0.1, -0.05) is 109 Å². The standard InChI is InChI=1S/C69H121N13O14/c1-24-26-27-44(15)57(83)56-61(87)73-48(25-2)63(89)82-37-47(96-69(95)81-30-28-70-29-31-81)36-53(82)66(92)75(18)50(33-39(5)6)60(86)74-54(42(11)12)67(93)76(19)49(32-38(3)4)59(85)71-45(16)58(84)72-46(17)62(88)77(20)51(34-40(7)8)64(90)78(21)52(35-41(9)10)65(91)79(22)55(43(13)14)68(94)80(56)23/h24,26,38-57,70,83H,25,27-37H2,1-23H3,(H,71,85)(H,72,84)(H,73,87)(H,74,86)/b26-24+/t44-,45+,46-,47?,48+,49+,50+,51+,52+,53-,54+,55+,56+,57-/m1/s1. The molecule has 3 rings (SSSR count). The van der Waals surface area contributed by atoms with Crippen LogP contribution in [0.4, 0.5) is 4.79 Å². The van der Waals surface area contributed by atoms with Crippen LogP contribution in [0.15, 0.2) is 12.2 Å². The summed E-state index contributed by atoms with van der Waals surface area (Å²) in [5.74, 6) is -10.5. The van der Waals surface area contributed by atoms with E-state index in [1.54, 1.807) is 60.6 Å². The molecule has 3 saturated heterocycles. The van der Waals surface area contributed by atoms with E-state index in [9.17, 15) is 33.9 Å². The zero-order valence-corrected chi connectivity index (χ0v) is 62.0. The van der Waals surface area contributed by atoms with E-state index in [-0.39, 0.29) is 75.2 Å². The van der Waals surface area contributed by atoms with Crippen molar-refractivity contribution in [2.45, 2.75) is 241 Å². The molecule has 27 heteroatoms. The first kappa shape index (κ1) is 83.3. The lowest BCUT2D eigenvalue weighted by molar-refractivity contribution is -0.157. The molecule has 0 aliphatic carbocycles. The van der Waals surface area contributed by atoms with Crippen molar-refractivity contribution in [1.82, 2.24) is 65.8 Å². The molecule has 0 radical (unpaired) electrons. The van der Waals surface area contributed by atoms with Gasteiger partial charge in [0.05, 0.1) is 12.6 Å². The van der Waals surface area contributed by atoms with Gasteiger partial charge in [0.15, 0.2) is 0 Å². The Hall–Kier alpha value is -6.90. The van der Waals surface area contributed by atoms with E-state index < -0.39 is 167 Å². The molecule has 0 saturated carbocycles. The average Bonchev–Trinajstić information content (AvgIpc) is 1.33. The second-order valence-electron chi connectivity index (χ2n) is 29.3. The third-order valence-electron chi connectivity index (χ3n) is 18.8. The zero-order chi connectivity index (χ0) is 73.2. The molecule has 6 N–H and O–H groups in total. The first-order chi connectivity index (χ1) is 44.7. The van der Waals surface area contributed by atoms with E-state index >= 15 is 28.8 Å². The summed E-state index contributed by atoms with van der Waals surface area (Å²) in [5.41, 5.74) is 0. The van der Waals surface area contributed by atoms with Gasteiger partial charge in [-0.05, 0) is 101 Å². The van der Waals surface area contributed by atoms with E-state index in [4.69, 9.17) is 4.74 Å². The largest absolute Gasteiger partial charge is 0.444 e. The highest BCUT2D eigenvalue weighted by molar-refractivity contribution is 6.00. The Morgan fingerprint density at radius 1 is 0.521 bits per heavy atom. The summed E-state index contributed by atoms with van der Waals surface area (Å²) in [7, 11) is 8.49. The Bertz CT molecular complexity index is 2720. The van der Waals surface area contributed by atoms with Crippen LogP contribution in [-0.4, -0.2) is 269 Å². The maximum Gasteiger partial charge on any atom is 0.410 e. The molecule has 96 heavy (non-hydrogen) atoms. The Morgan fingerprint density at radius 3 is 1.45 bits per heavy atom. The second-order valence-corrected chi connectivity index (χ2v) is 29.3. The maximum atomic E-state index is 15.4. The number of hydrogen-bond acceptors (Lipinski definition) is 15. The third kappa shape index (κ3) is 22.1. The maximum absolute atomic E-state index is 15.4. The molecule has 3 fully saturated rings. The molecule has 3 heterocycles. The number of allylic oxidation sites excluding steroid dienone is 2. The fraction of sp³-hybridized carbons (Fsp3) is 0.797. The number of nitrogens with one attached hydrogen (secondary N) is 5. The number of aliphatic hydroxyl groups is 1. The highest BCUT2D eigenvalue weighted by atomic mass is 16.6. The van der Waals surface area contributed by atoms with Crippen molar-refractivity contribution in [2.75, 3.05) is 75.0 Å². The Morgan fingerprint density at radius 2 is 0.969 bits per heavy atom. The van der Waals surface area contributed by atoms with Crippen molar-refractivity contribution in [1.29, 1.82) is 0 Å². The van der Waals surface area contributed by atoms with Crippen molar-refractivity contribution in [2.24, 2.45) is 41.4 Å². The molecule has 0 aromatic heterocycles. The number of amides is 12. The number of aliphatic hydroxyl groups excluding tert-OH is 1. The molecule has 14 atom stereocenters. The van der Waals surface area contributed by atoms with Gasteiger partial charge in [0.1, 0.15) is 72.6 Å². The Kier molecular flexibility index (Phi) is 32.7. The van der Waals surface area contributed by atoms with Crippen LogP contribution in [0, 0.1) is 41.4 Å². The van der Waals surface area contributed by atoms with Crippen LogP contribution in [0.3, 0.4) is 0 Å². The zero-order valence-electron chi connectivity index (χ0n) is 62.0. The van der Waals surface area contributed by atoms with E-state index in [1.165, 1.54) is 90.4 Å². The number of carbonyl (C=O) groups excluding carboxylic acids is 12. The van der Waals surface area contributed by atoms with Crippen molar-refractivity contribution in [3.8, 4) is 0 Å². The number of carbonyl (C=O) groups is 12. The van der Waals surface area contributed by atoms with Gasteiger partial charge < -0.3 is 75.6 Å². The molecular formula is C69H121N13O14. The predicted octanol–water partition coefficient (Wildman–Crippen LogP) is 2.82. The highest BCUT2D eigenvalue weighted by Gasteiger charge is 2.49. The quantitative estimate of drug-likeness (QED) is 0.121. The number of piperazine rings is 1. The fourth-order valence-electron chi connectivity index (χ4n) is 12.9. The van der Waals surface area contributed by atoms with Crippen LogP contribution in [0.25, 0.3) is 0 Å². The molecule has 3 aliphatic heterocycles. The molecule has 27 nitrogen and oxygen atoms in total. The van der Waals surface area contributed by atoms with Crippen molar-refractivity contribution < 1.29 is 67.4 Å². The van der Waals surface area contributed by atoms with Gasteiger partial charge in [-0.25, -0.2) is 4.79 Å². The van der Waals surface area contributed by atoms with E-state index in [2.05, 4.69) is 26.6 Å². The van der Waals surface area contributed by atoms with Crippen LogP contribution in [0.1, 0.15) is 163 Å². The number of fused-ring (bicyclic) bond motifs is 1. The molecule has 0 aromatic rings. The molecule has 0 bridgehead atoms. The van der Waals surface area contributed by atoms with Crippen LogP contribution >= 0.6 is 0 Å². The van der Waals surface area contributed by atoms with Crippen LogP contribution in [0.2, 0.25) is 0 Å². The van der Waals surface area contributed by atoms with Crippen molar-refractivity contribution in [3.05, 3.63) is 12.2 Å². The summed E-state index contributed by atoms with van der Waals surface area (Å²) in [5, 5.41) is 26.6. The molecule has 12 amide bonds. The molecule has 0 spiro atoms. The van der Waals surface area contributed by atoms with Crippen molar-refractivity contribution in [3.63, 3.8) is 0 Å². The third-order valence-corrected chi connectivity index (χ3v) is 18.8.